The number of hydrogen-bond donors (Lipinski definition) is 2. The molecule has 118 valence electrons. The van der Waals surface area contributed by atoms with Gasteiger partial charge in [0.2, 0.25) is 0 Å². The number of hydrogen-bond acceptors (Lipinski definition) is 2. The Bertz CT molecular complexity index is 458. The molecule has 1 aromatic carbocycles. The minimum absolute atomic E-state index is 0.214. The summed E-state index contributed by atoms with van der Waals surface area (Å²) in [5.41, 5.74) is 8.99. The highest BCUT2D eigenvalue weighted by atomic mass is 15.2. The van der Waals surface area contributed by atoms with Crippen molar-refractivity contribution in [3.8, 4) is 0 Å². The molecule has 2 nitrogen and oxygen atoms in total. The van der Waals surface area contributed by atoms with Gasteiger partial charge in [0.15, 0.2) is 0 Å². The Hall–Kier alpha value is -0.860. The molecular formula is C19H32N2. The molecular weight excluding hydrogens is 256 g/mol. The van der Waals surface area contributed by atoms with Crippen LogP contribution in [0.1, 0.15) is 68.7 Å². The van der Waals surface area contributed by atoms with E-state index < -0.39 is 0 Å². The molecule has 2 heteroatoms. The Balaban J connectivity index is 2.15. The van der Waals surface area contributed by atoms with Crippen molar-refractivity contribution in [1.82, 2.24) is 5.43 Å². The molecule has 1 aliphatic rings. The molecule has 1 aliphatic carbocycles. The maximum atomic E-state index is 5.80. The zero-order chi connectivity index (χ0) is 15.6. The quantitative estimate of drug-likeness (QED) is 0.630. The second-order valence-electron chi connectivity index (χ2n) is 7.94. The van der Waals surface area contributed by atoms with Crippen molar-refractivity contribution in [1.29, 1.82) is 0 Å². The normalized spacial score (nSPS) is 17.6. The van der Waals surface area contributed by atoms with Crippen molar-refractivity contribution in [3.63, 3.8) is 0 Å². The summed E-state index contributed by atoms with van der Waals surface area (Å²) in [5.74, 6) is 6.69. The van der Waals surface area contributed by atoms with E-state index in [1.165, 1.54) is 47.9 Å². The molecule has 0 amide bonds. The molecule has 1 aromatic rings. The molecule has 0 aromatic heterocycles. The first-order valence-corrected chi connectivity index (χ1v) is 8.38. The highest BCUT2D eigenvalue weighted by Gasteiger charge is 2.23. The molecule has 0 heterocycles. The van der Waals surface area contributed by atoms with Crippen LogP contribution in [0.5, 0.6) is 0 Å². The molecule has 0 bridgehead atoms. The zero-order valence-corrected chi connectivity index (χ0v) is 14.4. The predicted octanol–water partition coefficient (Wildman–Crippen LogP) is 4.17. The fourth-order valence-electron chi connectivity index (χ4n) is 3.34. The van der Waals surface area contributed by atoms with E-state index in [0.29, 0.717) is 6.04 Å². The van der Waals surface area contributed by atoms with Crippen LogP contribution in [0.2, 0.25) is 0 Å². The van der Waals surface area contributed by atoms with Crippen LogP contribution in [0.3, 0.4) is 0 Å². The largest absolute Gasteiger partial charge is 0.271 e. The summed E-state index contributed by atoms with van der Waals surface area (Å²) in [6.07, 6.45) is 6.45. The van der Waals surface area contributed by atoms with Crippen LogP contribution in [0.4, 0.5) is 0 Å². The molecule has 0 spiro atoms. The van der Waals surface area contributed by atoms with Gasteiger partial charge in [0, 0.05) is 6.04 Å². The van der Waals surface area contributed by atoms with Crippen LogP contribution < -0.4 is 11.3 Å². The molecule has 0 radical (unpaired) electrons. The molecule has 3 N–H and O–H groups in total. The van der Waals surface area contributed by atoms with E-state index in [0.717, 1.165) is 12.3 Å². The van der Waals surface area contributed by atoms with Crippen molar-refractivity contribution in [2.24, 2.45) is 11.8 Å². The van der Waals surface area contributed by atoms with E-state index in [2.05, 4.69) is 52.2 Å². The SMILES string of the molecule is Cc1cc(C(C)(C)C)cc(C)c1CC(CC1CCC1)NN. The van der Waals surface area contributed by atoms with Crippen LogP contribution in [0.25, 0.3) is 0 Å². The van der Waals surface area contributed by atoms with Crippen LogP contribution in [-0.4, -0.2) is 6.04 Å². The van der Waals surface area contributed by atoms with Gasteiger partial charge < -0.3 is 0 Å². The van der Waals surface area contributed by atoms with Crippen LogP contribution >= 0.6 is 0 Å². The third kappa shape index (κ3) is 4.08. The second kappa shape index (κ2) is 6.50. The summed E-state index contributed by atoms with van der Waals surface area (Å²) in [4.78, 5) is 0. The fourth-order valence-corrected chi connectivity index (χ4v) is 3.34. The Labute approximate surface area is 130 Å². The first-order valence-electron chi connectivity index (χ1n) is 8.38. The molecule has 0 aliphatic heterocycles. The van der Waals surface area contributed by atoms with E-state index in [4.69, 9.17) is 5.84 Å². The maximum absolute atomic E-state index is 5.80. The van der Waals surface area contributed by atoms with Gasteiger partial charge in [-0.25, -0.2) is 0 Å². The summed E-state index contributed by atoms with van der Waals surface area (Å²) in [7, 11) is 0. The topological polar surface area (TPSA) is 38.0 Å². The van der Waals surface area contributed by atoms with Gasteiger partial charge in [-0.15, -0.1) is 0 Å². The first kappa shape index (κ1) is 16.5. The average Bonchev–Trinajstić information content (AvgIpc) is 2.33. The summed E-state index contributed by atoms with van der Waals surface area (Å²) < 4.78 is 0. The third-order valence-corrected chi connectivity index (χ3v) is 5.09. The van der Waals surface area contributed by atoms with Crippen molar-refractivity contribution >= 4 is 0 Å². The Morgan fingerprint density at radius 1 is 1.19 bits per heavy atom. The summed E-state index contributed by atoms with van der Waals surface area (Å²) in [6, 6.07) is 5.13. The minimum Gasteiger partial charge on any atom is -0.271 e. The molecule has 1 fully saturated rings. The molecule has 2 rings (SSSR count). The lowest BCUT2D eigenvalue weighted by Gasteiger charge is -2.30. The van der Waals surface area contributed by atoms with Gasteiger partial charge in [-0.2, -0.15) is 0 Å². The monoisotopic (exact) mass is 288 g/mol. The van der Waals surface area contributed by atoms with Gasteiger partial charge in [0.25, 0.3) is 0 Å². The lowest BCUT2D eigenvalue weighted by molar-refractivity contribution is 0.259. The molecule has 1 unspecified atom stereocenters. The molecule has 21 heavy (non-hydrogen) atoms. The second-order valence-corrected chi connectivity index (χ2v) is 7.94. The van der Waals surface area contributed by atoms with Crippen LogP contribution in [0.15, 0.2) is 12.1 Å². The van der Waals surface area contributed by atoms with E-state index >= 15 is 0 Å². The summed E-state index contributed by atoms with van der Waals surface area (Å²) in [6.45, 7) is 11.3. The maximum Gasteiger partial charge on any atom is 0.0253 e. The number of hydrazine groups is 1. The minimum atomic E-state index is 0.214. The third-order valence-electron chi connectivity index (χ3n) is 5.09. The zero-order valence-electron chi connectivity index (χ0n) is 14.4. The number of aryl methyl sites for hydroxylation is 2. The van der Waals surface area contributed by atoms with Crippen molar-refractivity contribution in [3.05, 3.63) is 34.4 Å². The standard InChI is InChI=1S/C19H32N2/c1-13-9-16(19(3,4)5)10-14(2)18(13)12-17(21-20)11-15-7-6-8-15/h9-10,15,17,21H,6-8,11-12,20H2,1-5H3. The van der Waals surface area contributed by atoms with E-state index in [9.17, 15) is 0 Å². The van der Waals surface area contributed by atoms with E-state index in [-0.39, 0.29) is 5.41 Å². The van der Waals surface area contributed by atoms with Crippen LogP contribution in [-0.2, 0) is 11.8 Å². The predicted molar refractivity (Wildman–Crippen MR) is 91.4 cm³/mol. The Morgan fingerprint density at radius 2 is 1.76 bits per heavy atom. The molecule has 1 atom stereocenters. The summed E-state index contributed by atoms with van der Waals surface area (Å²) in [5, 5.41) is 0. The highest BCUT2D eigenvalue weighted by molar-refractivity contribution is 5.41. The van der Waals surface area contributed by atoms with Gasteiger partial charge in [-0.3, -0.25) is 11.3 Å². The van der Waals surface area contributed by atoms with Gasteiger partial charge in [0.1, 0.15) is 0 Å². The molecule has 0 saturated heterocycles. The fraction of sp³-hybridized carbons (Fsp3) is 0.684. The van der Waals surface area contributed by atoms with Gasteiger partial charge in [-0.05, 0) is 60.3 Å². The Morgan fingerprint density at radius 3 is 2.14 bits per heavy atom. The van der Waals surface area contributed by atoms with Gasteiger partial charge >= 0.3 is 0 Å². The van der Waals surface area contributed by atoms with Crippen molar-refractivity contribution in [2.45, 2.75) is 78.2 Å². The number of nitrogens with one attached hydrogen (secondary N) is 1. The van der Waals surface area contributed by atoms with Gasteiger partial charge in [-0.1, -0.05) is 52.2 Å². The van der Waals surface area contributed by atoms with Crippen LogP contribution in [0, 0.1) is 19.8 Å². The average molecular weight is 288 g/mol. The smallest absolute Gasteiger partial charge is 0.0253 e. The van der Waals surface area contributed by atoms with Crippen molar-refractivity contribution in [2.75, 3.05) is 0 Å². The first-order chi connectivity index (χ1) is 9.81. The van der Waals surface area contributed by atoms with Crippen molar-refractivity contribution < 1.29 is 0 Å². The summed E-state index contributed by atoms with van der Waals surface area (Å²) >= 11 is 0. The van der Waals surface area contributed by atoms with Gasteiger partial charge in [0.05, 0.1) is 0 Å². The number of nitrogens with two attached hydrogens (primary N) is 1. The molecule has 1 saturated carbocycles. The van der Waals surface area contributed by atoms with E-state index in [1.807, 2.05) is 0 Å². The number of benzene rings is 1. The lowest BCUT2D eigenvalue weighted by Crippen LogP contribution is -2.39. The lowest BCUT2D eigenvalue weighted by atomic mass is 9.78. The van der Waals surface area contributed by atoms with E-state index in [1.54, 1.807) is 0 Å². The highest BCUT2D eigenvalue weighted by Crippen LogP contribution is 2.32. The number of rotatable bonds is 5. The Kier molecular flexibility index (Phi) is 5.11.